The van der Waals surface area contributed by atoms with Crippen molar-refractivity contribution in [1.82, 2.24) is 10.6 Å². The van der Waals surface area contributed by atoms with E-state index in [9.17, 15) is 23.1 Å². The van der Waals surface area contributed by atoms with Crippen LogP contribution in [0.3, 0.4) is 0 Å². The van der Waals surface area contributed by atoms with Crippen LogP contribution in [-0.2, 0) is 6.18 Å². The maximum atomic E-state index is 12.6. The van der Waals surface area contributed by atoms with Crippen LogP contribution in [0.5, 0.6) is 0 Å². The molecule has 1 saturated heterocycles. The number of carbonyl (C=O) groups is 1. The van der Waals surface area contributed by atoms with Gasteiger partial charge in [-0.25, -0.2) is 0 Å². The molecule has 0 radical (unpaired) electrons. The molecule has 0 aliphatic carbocycles. The number of rotatable bonds is 3. The fourth-order valence-corrected chi connectivity index (χ4v) is 2.30. The van der Waals surface area contributed by atoms with Gasteiger partial charge in [0.05, 0.1) is 21.8 Å². The van der Waals surface area contributed by atoms with Gasteiger partial charge in [0.15, 0.2) is 0 Å². The third-order valence-corrected chi connectivity index (χ3v) is 3.67. The normalized spacial score (nSPS) is 22.3. The highest BCUT2D eigenvalue weighted by Crippen LogP contribution is 2.31. The molecule has 2 rings (SSSR count). The van der Waals surface area contributed by atoms with E-state index in [0.717, 1.165) is 12.1 Å². The number of hydrogen-bond donors (Lipinski definition) is 3. The Labute approximate surface area is 124 Å². The van der Waals surface area contributed by atoms with Crippen molar-refractivity contribution in [2.24, 2.45) is 0 Å². The highest BCUT2D eigenvalue weighted by molar-refractivity contribution is 6.33. The number of alkyl halides is 3. The summed E-state index contributed by atoms with van der Waals surface area (Å²) in [6, 6.07) is 2.55. The van der Waals surface area contributed by atoms with Crippen molar-refractivity contribution in [2.75, 3.05) is 19.6 Å². The zero-order chi connectivity index (χ0) is 15.7. The summed E-state index contributed by atoms with van der Waals surface area (Å²) in [7, 11) is 0. The predicted octanol–water partition coefficient (Wildman–Crippen LogP) is 1.81. The first-order chi connectivity index (χ1) is 9.71. The Morgan fingerprint density at radius 3 is 2.76 bits per heavy atom. The topological polar surface area (TPSA) is 61.4 Å². The van der Waals surface area contributed by atoms with Crippen molar-refractivity contribution in [3.63, 3.8) is 0 Å². The minimum atomic E-state index is -4.55. The second kappa shape index (κ2) is 5.82. The summed E-state index contributed by atoms with van der Waals surface area (Å²) >= 11 is 5.77. The molecule has 1 amide bonds. The molecule has 1 aromatic carbocycles. The van der Waals surface area contributed by atoms with Gasteiger partial charge >= 0.3 is 6.18 Å². The molecule has 1 fully saturated rings. The Morgan fingerprint density at radius 1 is 1.48 bits per heavy atom. The first-order valence-corrected chi connectivity index (χ1v) is 6.67. The van der Waals surface area contributed by atoms with Gasteiger partial charge in [0.1, 0.15) is 0 Å². The van der Waals surface area contributed by atoms with Crippen molar-refractivity contribution >= 4 is 17.5 Å². The van der Waals surface area contributed by atoms with Gasteiger partial charge in [0.2, 0.25) is 0 Å². The monoisotopic (exact) mass is 322 g/mol. The van der Waals surface area contributed by atoms with Crippen LogP contribution in [-0.4, -0.2) is 36.2 Å². The number of amides is 1. The molecule has 21 heavy (non-hydrogen) atoms. The molecule has 4 nitrogen and oxygen atoms in total. The maximum Gasteiger partial charge on any atom is 0.416 e. The molecule has 1 atom stereocenters. The number of hydrogen-bond acceptors (Lipinski definition) is 3. The fourth-order valence-electron chi connectivity index (χ4n) is 2.10. The van der Waals surface area contributed by atoms with E-state index in [1.807, 2.05) is 0 Å². The molecule has 1 heterocycles. The van der Waals surface area contributed by atoms with Crippen LogP contribution in [0.1, 0.15) is 22.3 Å². The van der Waals surface area contributed by atoms with E-state index in [2.05, 4.69) is 10.6 Å². The molecular formula is C13H14ClF3N2O2. The summed E-state index contributed by atoms with van der Waals surface area (Å²) in [4.78, 5) is 11.9. The standard InChI is InChI=1S/C13H14ClF3N2O2/c14-10-2-1-8(13(15,16)17)5-9(10)11(20)19-7-12(21)3-4-18-6-12/h1-2,5,18,21H,3-4,6-7H2,(H,19,20)/t12-/m0/s1. The van der Waals surface area contributed by atoms with Crippen LogP contribution in [0.2, 0.25) is 5.02 Å². The van der Waals surface area contributed by atoms with Crippen LogP contribution in [0.25, 0.3) is 0 Å². The largest absolute Gasteiger partial charge is 0.416 e. The van der Waals surface area contributed by atoms with Crippen LogP contribution >= 0.6 is 11.6 Å². The molecule has 0 saturated carbocycles. The van der Waals surface area contributed by atoms with Crippen molar-refractivity contribution in [3.05, 3.63) is 34.3 Å². The van der Waals surface area contributed by atoms with Gasteiger partial charge in [-0.15, -0.1) is 0 Å². The Balaban J connectivity index is 2.11. The van der Waals surface area contributed by atoms with E-state index in [-0.39, 0.29) is 17.1 Å². The van der Waals surface area contributed by atoms with Gasteiger partial charge in [-0.2, -0.15) is 13.2 Å². The van der Waals surface area contributed by atoms with Crippen LogP contribution in [0, 0.1) is 0 Å². The Hall–Kier alpha value is -1.31. The fraction of sp³-hybridized carbons (Fsp3) is 0.462. The second-order valence-electron chi connectivity index (χ2n) is 5.03. The zero-order valence-corrected chi connectivity index (χ0v) is 11.7. The first-order valence-electron chi connectivity index (χ1n) is 6.29. The molecular weight excluding hydrogens is 309 g/mol. The third kappa shape index (κ3) is 3.87. The van der Waals surface area contributed by atoms with Crippen LogP contribution < -0.4 is 10.6 Å². The van der Waals surface area contributed by atoms with E-state index in [4.69, 9.17) is 11.6 Å². The molecule has 1 aliphatic heterocycles. The lowest BCUT2D eigenvalue weighted by Gasteiger charge is -2.21. The quantitative estimate of drug-likeness (QED) is 0.795. The lowest BCUT2D eigenvalue weighted by molar-refractivity contribution is -0.137. The smallest absolute Gasteiger partial charge is 0.387 e. The van der Waals surface area contributed by atoms with Crippen LogP contribution in [0.15, 0.2) is 18.2 Å². The maximum absolute atomic E-state index is 12.6. The Morgan fingerprint density at radius 2 is 2.19 bits per heavy atom. The molecule has 0 aromatic heterocycles. The van der Waals surface area contributed by atoms with Crippen LogP contribution in [0.4, 0.5) is 13.2 Å². The number of aliphatic hydroxyl groups is 1. The van der Waals surface area contributed by atoms with E-state index in [1.165, 1.54) is 0 Å². The Kier molecular flexibility index (Phi) is 4.46. The second-order valence-corrected chi connectivity index (χ2v) is 5.43. The van der Waals surface area contributed by atoms with E-state index in [0.29, 0.717) is 25.6 Å². The summed E-state index contributed by atoms with van der Waals surface area (Å²) < 4.78 is 37.9. The van der Waals surface area contributed by atoms with Crippen molar-refractivity contribution < 1.29 is 23.1 Å². The molecule has 0 bridgehead atoms. The summed E-state index contributed by atoms with van der Waals surface area (Å²) in [5, 5.41) is 15.3. The van der Waals surface area contributed by atoms with E-state index < -0.39 is 23.2 Å². The summed E-state index contributed by atoms with van der Waals surface area (Å²) in [6.07, 6.45) is -4.09. The third-order valence-electron chi connectivity index (χ3n) is 3.34. The Bertz CT molecular complexity index is 543. The summed E-state index contributed by atoms with van der Waals surface area (Å²) in [5.74, 6) is -0.744. The zero-order valence-electron chi connectivity index (χ0n) is 10.9. The molecule has 0 unspecified atom stereocenters. The number of benzene rings is 1. The number of β-amino-alcohol motifs (C(OH)–C–C–N with tert-alkyl or cyclic N) is 1. The summed E-state index contributed by atoms with van der Waals surface area (Å²) in [5.41, 5.74) is -2.29. The summed E-state index contributed by atoms with van der Waals surface area (Å²) in [6.45, 7) is 0.895. The molecule has 0 spiro atoms. The van der Waals surface area contributed by atoms with E-state index in [1.54, 1.807) is 0 Å². The van der Waals surface area contributed by atoms with Crippen molar-refractivity contribution in [2.45, 2.75) is 18.2 Å². The minimum Gasteiger partial charge on any atom is -0.387 e. The average molecular weight is 323 g/mol. The first kappa shape index (κ1) is 16.1. The highest BCUT2D eigenvalue weighted by atomic mass is 35.5. The number of halogens is 4. The molecule has 8 heteroatoms. The van der Waals surface area contributed by atoms with E-state index >= 15 is 0 Å². The lowest BCUT2D eigenvalue weighted by Crippen LogP contribution is -2.44. The minimum absolute atomic E-state index is 0.0502. The van der Waals surface area contributed by atoms with Crippen molar-refractivity contribution in [3.8, 4) is 0 Å². The molecule has 3 N–H and O–H groups in total. The molecule has 1 aliphatic rings. The SMILES string of the molecule is O=C(NC[C@]1(O)CCNC1)c1cc(C(F)(F)F)ccc1Cl. The number of nitrogens with one attached hydrogen (secondary N) is 2. The van der Waals surface area contributed by atoms with Gasteiger partial charge < -0.3 is 15.7 Å². The predicted molar refractivity (Wildman–Crippen MR) is 71.2 cm³/mol. The highest BCUT2D eigenvalue weighted by Gasteiger charge is 2.33. The number of carbonyl (C=O) groups excluding carboxylic acids is 1. The van der Waals surface area contributed by atoms with Gasteiger partial charge in [0.25, 0.3) is 5.91 Å². The molecule has 116 valence electrons. The lowest BCUT2D eigenvalue weighted by atomic mass is 10.0. The van der Waals surface area contributed by atoms with Gasteiger partial charge in [-0.1, -0.05) is 11.6 Å². The average Bonchev–Trinajstić information content (AvgIpc) is 2.83. The van der Waals surface area contributed by atoms with Gasteiger partial charge in [0, 0.05) is 13.1 Å². The molecule has 1 aromatic rings. The van der Waals surface area contributed by atoms with Gasteiger partial charge in [-0.3, -0.25) is 4.79 Å². The van der Waals surface area contributed by atoms with Gasteiger partial charge in [-0.05, 0) is 31.2 Å². The van der Waals surface area contributed by atoms with Crippen molar-refractivity contribution in [1.29, 1.82) is 0 Å².